The van der Waals surface area contributed by atoms with Crippen molar-refractivity contribution in [3.8, 4) is 0 Å². The minimum atomic E-state index is -1.31. The van der Waals surface area contributed by atoms with Crippen LogP contribution in [0.25, 0.3) is 0 Å². The number of aryl methyl sites for hydroxylation is 1. The molecule has 0 radical (unpaired) electrons. The van der Waals surface area contributed by atoms with Crippen molar-refractivity contribution in [1.29, 1.82) is 0 Å². The lowest BCUT2D eigenvalue weighted by Crippen LogP contribution is -2.44. The van der Waals surface area contributed by atoms with Crippen molar-refractivity contribution in [2.24, 2.45) is 0 Å². The quantitative estimate of drug-likeness (QED) is 0.793. The average Bonchev–Trinajstić information content (AvgIpc) is 3.03. The second-order valence-corrected chi connectivity index (χ2v) is 5.81. The number of aliphatic hydroxyl groups is 1. The minimum absolute atomic E-state index is 0.0126. The first-order valence-corrected chi connectivity index (χ1v) is 7.36. The number of rotatable bonds is 5. The molecule has 0 aliphatic heterocycles. The highest BCUT2D eigenvalue weighted by molar-refractivity contribution is 5.74. The van der Waals surface area contributed by atoms with Crippen molar-refractivity contribution in [3.63, 3.8) is 0 Å². The Labute approximate surface area is 134 Å². The standard InChI is InChI=1S/C17H21FN2O3/c1-11-6-7-13(9-14(11)18)12(2)20-16(21)19-10-17(3,22)15-5-4-8-23-15/h4-9,12,22H,10H2,1-3H3,(H2,19,20,21)/t12-,17+/m1/s1. The van der Waals surface area contributed by atoms with Gasteiger partial charge in [-0.1, -0.05) is 12.1 Å². The molecule has 3 N–H and O–H groups in total. The summed E-state index contributed by atoms with van der Waals surface area (Å²) in [6.45, 7) is 4.97. The van der Waals surface area contributed by atoms with E-state index in [0.29, 0.717) is 16.9 Å². The molecule has 124 valence electrons. The SMILES string of the molecule is Cc1ccc([C@@H](C)NC(=O)NC[C@](C)(O)c2ccco2)cc1F. The molecule has 23 heavy (non-hydrogen) atoms. The number of carbonyl (C=O) groups is 1. The maximum Gasteiger partial charge on any atom is 0.315 e. The summed E-state index contributed by atoms with van der Waals surface area (Å²) in [5, 5.41) is 15.5. The van der Waals surface area contributed by atoms with E-state index in [1.54, 1.807) is 45.0 Å². The van der Waals surface area contributed by atoms with Crippen molar-refractivity contribution in [2.75, 3.05) is 6.54 Å². The van der Waals surface area contributed by atoms with Crippen LogP contribution in [0.15, 0.2) is 41.0 Å². The van der Waals surface area contributed by atoms with E-state index in [4.69, 9.17) is 4.42 Å². The zero-order valence-corrected chi connectivity index (χ0v) is 13.4. The number of amides is 2. The second-order valence-electron chi connectivity index (χ2n) is 5.81. The average molecular weight is 320 g/mol. The van der Waals surface area contributed by atoms with Crippen LogP contribution in [0.5, 0.6) is 0 Å². The van der Waals surface area contributed by atoms with Gasteiger partial charge in [-0.3, -0.25) is 0 Å². The third-order valence-electron chi connectivity index (χ3n) is 3.69. The van der Waals surface area contributed by atoms with Crippen molar-refractivity contribution in [1.82, 2.24) is 10.6 Å². The number of urea groups is 1. The van der Waals surface area contributed by atoms with Gasteiger partial charge in [0.25, 0.3) is 0 Å². The maximum atomic E-state index is 13.6. The molecule has 0 aliphatic rings. The van der Waals surface area contributed by atoms with Crippen LogP contribution in [0.2, 0.25) is 0 Å². The van der Waals surface area contributed by atoms with Gasteiger partial charge in [-0.05, 0) is 50.1 Å². The molecule has 5 nitrogen and oxygen atoms in total. The fourth-order valence-corrected chi connectivity index (χ4v) is 2.13. The summed E-state index contributed by atoms with van der Waals surface area (Å²) in [6.07, 6.45) is 1.46. The minimum Gasteiger partial charge on any atom is -0.466 e. The molecular formula is C17H21FN2O3. The van der Waals surface area contributed by atoms with E-state index in [-0.39, 0.29) is 18.4 Å². The molecule has 1 aromatic heterocycles. The fourth-order valence-electron chi connectivity index (χ4n) is 2.13. The maximum absolute atomic E-state index is 13.6. The highest BCUT2D eigenvalue weighted by atomic mass is 19.1. The third-order valence-corrected chi connectivity index (χ3v) is 3.69. The lowest BCUT2D eigenvalue weighted by molar-refractivity contribution is 0.0366. The zero-order chi connectivity index (χ0) is 17.0. The first-order chi connectivity index (χ1) is 10.8. The van der Waals surface area contributed by atoms with Gasteiger partial charge in [-0.25, -0.2) is 9.18 Å². The molecule has 2 amide bonds. The van der Waals surface area contributed by atoms with Gasteiger partial charge in [0.05, 0.1) is 18.8 Å². The van der Waals surface area contributed by atoms with E-state index < -0.39 is 11.6 Å². The van der Waals surface area contributed by atoms with E-state index in [2.05, 4.69) is 10.6 Å². The molecular weight excluding hydrogens is 299 g/mol. The number of hydrogen-bond donors (Lipinski definition) is 3. The Morgan fingerprint density at radius 1 is 1.43 bits per heavy atom. The fraction of sp³-hybridized carbons (Fsp3) is 0.353. The molecule has 0 unspecified atom stereocenters. The number of carbonyl (C=O) groups excluding carboxylic acids is 1. The molecule has 0 aliphatic carbocycles. The van der Waals surface area contributed by atoms with Crippen LogP contribution in [-0.2, 0) is 5.60 Å². The van der Waals surface area contributed by atoms with Crippen molar-refractivity contribution in [2.45, 2.75) is 32.4 Å². The Hall–Kier alpha value is -2.34. The number of hydrogen-bond acceptors (Lipinski definition) is 3. The zero-order valence-electron chi connectivity index (χ0n) is 13.4. The van der Waals surface area contributed by atoms with Crippen LogP contribution in [0.3, 0.4) is 0 Å². The molecule has 0 spiro atoms. The van der Waals surface area contributed by atoms with Crippen LogP contribution < -0.4 is 10.6 Å². The van der Waals surface area contributed by atoms with Crippen molar-refractivity contribution < 1.29 is 18.7 Å². The first kappa shape index (κ1) is 17.0. The van der Waals surface area contributed by atoms with E-state index in [0.717, 1.165) is 0 Å². The molecule has 2 rings (SSSR count). The molecule has 0 bridgehead atoms. The predicted octanol–water partition coefficient (Wildman–Crippen LogP) is 3.00. The highest BCUT2D eigenvalue weighted by Gasteiger charge is 2.27. The lowest BCUT2D eigenvalue weighted by atomic mass is 10.0. The largest absolute Gasteiger partial charge is 0.466 e. The van der Waals surface area contributed by atoms with Gasteiger partial charge in [0, 0.05) is 0 Å². The molecule has 2 aromatic rings. The van der Waals surface area contributed by atoms with Crippen LogP contribution in [-0.4, -0.2) is 17.7 Å². The summed E-state index contributed by atoms with van der Waals surface area (Å²) in [5.74, 6) is 0.0590. The predicted molar refractivity (Wildman–Crippen MR) is 84.4 cm³/mol. The van der Waals surface area contributed by atoms with E-state index in [9.17, 15) is 14.3 Å². The van der Waals surface area contributed by atoms with Crippen LogP contribution >= 0.6 is 0 Å². The van der Waals surface area contributed by atoms with Crippen LogP contribution in [0.1, 0.15) is 36.8 Å². The Morgan fingerprint density at radius 2 is 2.17 bits per heavy atom. The van der Waals surface area contributed by atoms with Gasteiger partial charge in [0.1, 0.15) is 17.2 Å². The Balaban J connectivity index is 1.90. The summed E-state index contributed by atoms with van der Waals surface area (Å²) in [7, 11) is 0. The normalized spacial score (nSPS) is 14.8. The molecule has 1 heterocycles. The van der Waals surface area contributed by atoms with Crippen molar-refractivity contribution in [3.05, 3.63) is 59.3 Å². The number of benzene rings is 1. The topological polar surface area (TPSA) is 74.5 Å². The van der Waals surface area contributed by atoms with Gasteiger partial charge in [-0.15, -0.1) is 0 Å². The number of halogens is 1. The van der Waals surface area contributed by atoms with Crippen LogP contribution in [0, 0.1) is 12.7 Å². The lowest BCUT2D eigenvalue weighted by Gasteiger charge is -2.22. The third kappa shape index (κ3) is 4.32. The summed E-state index contributed by atoms with van der Waals surface area (Å²) in [5.41, 5.74) is -0.0824. The first-order valence-electron chi connectivity index (χ1n) is 7.36. The Kier molecular flexibility index (Phi) is 5.05. The Morgan fingerprint density at radius 3 is 2.78 bits per heavy atom. The molecule has 0 saturated heterocycles. The highest BCUT2D eigenvalue weighted by Crippen LogP contribution is 2.20. The van der Waals surface area contributed by atoms with Gasteiger partial charge < -0.3 is 20.2 Å². The number of nitrogens with one attached hydrogen (secondary N) is 2. The van der Waals surface area contributed by atoms with Gasteiger partial charge in [-0.2, -0.15) is 0 Å². The molecule has 0 saturated carbocycles. The summed E-state index contributed by atoms with van der Waals surface area (Å²) >= 11 is 0. The Bertz CT molecular complexity index is 668. The molecule has 2 atom stereocenters. The van der Waals surface area contributed by atoms with Gasteiger partial charge >= 0.3 is 6.03 Å². The molecule has 1 aromatic carbocycles. The van der Waals surface area contributed by atoms with Gasteiger partial charge in [0.2, 0.25) is 0 Å². The number of furan rings is 1. The van der Waals surface area contributed by atoms with E-state index in [1.807, 2.05) is 0 Å². The monoisotopic (exact) mass is 320 g/mol. The van der Waals surface area contributed by atoms with Crippen LogP contribution in [0.4, 0.5) is 9.18 Å². The summed E-state index contributed by atoms with van der Waals surface area (Å²) in [4.78, 5) is 11.9. The molecule has 6 heteroatoms. The van der Waals surface area contributed by atoms with Crippen molar-refractivity contribution >= 4 is 6.03 Å². The summed E-state index contributed by atoms with van der Waals surface area (Å²) < 4.78 is 18.7. The second kappa shape index (κ2) is 6.83. The molecule has 0 fully saturated rings. The van der Waals surface area contributed by atoms with Gasteiger partial charge in [0.15, 0.2) is 0 Å². The summed E-state index contributed by atoms with van der Waals surface area (Å²) in [6, 6.07) is 7.32. The smallest absolute Gasteiger partial charge is 0.315 e. The van der Waals surface area contributed by atoms with E-state index >= 15 is 0 Å². The van der Waals surface area contributed by atoms with E-state index in [1.165, 1.54) is 12.3 Å².